The van der Waals surface area contributed by atoms with E-state index >= 15 is 0 Å². The minimum Gasteiger partial charge on any atom is -0.328 e. The van der Waals surface area contributed by atoms with Gasteiger partial charge in [-0.25, -0.2) is 0 Å². The number of hydrogen-bond acceptors (Lipinski definition) is 2. The van der Waals surface area contributed by atoms with E-state index in [1.807, 2.05) is 0 Å². The molecule has 2 nitrogen and oxygen atoms in total. The molecule has 0 aromatic carbocycles. The summed E-state index contributed by atoms with van der Waals surface area (Å²) in [6.45, 7) is 3.40. The molecular weight excluding hydrogens is 220 g/mol. The van der Waals surface area contributed by atoms with E-state index in [1.54, 1.807) is 0 Å². The first-order valence-electron chi connectivity index (χ1n) is 8.28. The van der Waals surface area contributed by atoms with E-state index in [9.17, 15) is 0 Å². The zero-order chi connectivity index (χ0) is 12.8. The molecule has 0 radical (unpaired) electrons. The zero-order valence-corrected chi connectivity index (χ0v) is 12.2. The predicted molar refractivity (Wildman–Crippen MR) is 78.7 cm³/mol. The third kappa shape index (κ3) is 4.24. The van der Waals surface area contributed by atoms with Crippen LogP contribution >= 0.6 is 0 Å². The van der Waals surface area contributed by atoms with E-state index in [2.05, 4.69) is 11.8 Å². The van der Waals surface area contributed by atoms with Gasteiger partial charge in [-0.15, -0.1) is 0 Å². The second kappa shape index (κ2) is 7.49. The highest BCUT2D eigenvalue weighted by molar-refractivity contribution is 4.84. The van der Waals surface area contributed by atoms with Gasteiger partial charge in [-0.05, 0) is 39.0 Å². The fraction of sp³-hybridized carbons (Fsp3) is 1.00. The van der Waals surface area contributed by atoms with Gasteiger partial charge < -0.3 is 5.73 Å². The normalized spacial score (nSPS) is 25.5. The molecule has 0 aliphatic heterocycles. The lowest BCUT2D eigenvalue weighted by Gasteiger charge is -2.42. The van der Waals surface area contributed by atoms with Crippen molar-refractivity contribution < 1.29 is 0 Å². The Hall–Kier alpha value is -0.0800. The number of nitrogens with two attached hydrogens (primary N) is 1. The minimum atomic E-state index is 0.361. The highest BCUT2D eigenvalue weighted by Crippen LogP contribution is 2.30. The molecule has 106 valence electrons. The van der Waals surface area contributed by atoms with Gasteiger partial charge >= 0.3 is 0 Å². The van der Waals surface area contributed by atoms with Gasteiger partial charge in [-0.2, -0.15) is 0 Å². The van der Waals surface area contributed by atoms with Crippen LogP contribution in [0.4, 0.5) is 0 Å². The monoisotopic (exact) mass is 252 g/mol. The summed E-state index contributed by atoms with van der Waals surface area (Å²) in [5.41, 5.74) is 5.97. The molecule has 2 fully saturated rings. The molecule has 2 aliphatic rings. The van der Waals surface area contributed by atoms with Gasteiger partial charge in [0.2, 0.25) is 0 Å². The predicted octanol–water partition coefficient (Wildman–Crippen LogP) is 3.69. The number of hydrogen-bond donors (Lipinski definition) is 1. The van der Waals surface area contributed by atoms with Crippen molar-refractivity contribution in [2.75, 3.05) is 6.54 Å². The maximum Gasteiger partial charge on any atom is 0.00982 e. The van der Waals surface area contributed by atoms with Crippen LogP contribution in [0.15, 0.2) is 0 Å². The number of nitrogens with zero attached hydrogens (tertiary/aromatic N) is 1. The van der Waals surface area contributed by atoms with Crippen molar-refractivity contribution in [1.29, 1.82) is 0 Å². The van der Waals surface area contributed by atoms with Gasteiger partial charge in [-0.3, -0.25) is 4.90 Å². The lowest BCUT2D eigenvalue weighted by atomic mass is 9.88. The summed E-state index contributed by atoms with van der Waals surface area (Å²) in [4.78, 5) is 2.86. The topological polar surface area (TPSA) is 29.3 Å². The summed E-state index contributed by atoms with van der Waals surface area (Å²) in [6.07, 6.45) is 15.7. The highest BCUT2D eigenvalue weighted by Gasteiger charge is 2.28. The summed E-state index contributed by atoms with van der Waals surface area (Å²) in [6, 6.07) is 2.11. The number of rotatable bonds is 5. The molecule has 0 aromatic heterocycles. The summed E-state index contributed by atoms with van der Waals surface area (Å²) in [5, 5.41) is 0. The van der Waals surface area contributed by atoms with E-state index in [-0.39, 0.29) is 0 Å². The summed E-state index contributed by atoms with van der Waals surface area (Å²) < 4.78 is 0. The van der Waals surface area contributed by atoms with Crippen LogP contribution in [-0.2, 0) is 0 Å². The quantitative estimate of drug-likeness (QED) is 0.808. The fourth-order valence-corrected chi connectivity index (χ4v) is 3.84. The average Bonchev–Trinajstić information content (AvgIpc) is 2.41. The van der Waals surface area contributed by atoms with Crippen molar-refractivity contribution in [3.8, 4) is 0 Å². The molecule has 0 heterocycles. The van der Waals surface area contributed by atoms with Crippen molar-refractivity contribution in [2.24, 2.45) is 5.73 Å². The van der Waals surface area contributed by atoms with E-state index in [0.29, 0.717) is 6.04 Å². The lowest BCUT2D eigenvalue weighted by Crippen LogP contribution is -2.46. The van der Waals surface area contributed by atoms with E-state index in [0.717, 1.165) is 12.1 Å². The summed E-state index contributed by atoms with van der Waals surface area (Å²) >= 11 is 0. The van der Waals surface area contributed by atoms with Gasteiger partial charge in [0.05, 0.1) is 0 Å². The Labute approximate surface area is 113 Å². The standard InChI is InChI=1S/C16H32N2/c1-14(17)12-13-18(15-8-4-2-5-9-15)16-10-6-3-7-11-16/h14-16H,2-13,17H2,1H3. The molecule has 2 rings (SSSR count). The molecule has 2 saturated carbocycles. The maximum absolute atomic E-state index is 5.97. The Bertz CT molecular complexity index is 197. The van der Waals surface area contributed by atoms with Crippen molar-refractivity contribution >= 4 is 0 Å². The lowest BCUT2D eigenvalue weighted by molar-refractivity contribution is 0.0781. The summed E-state index contributed by atoms with van der Waals surface area (Å²) in [5.74, 6) is 0. The zero-order valence-electron chi connectivity index (χ0n) is 12.2. The first kappa shape index (κ1) is 14.3. The molecule has 2 N–H and O–H groups in total. The largest absolute Gasteiger partial charge is 0.328 e. The van der Waals surface area contributed by atoms with E-state index in [4.69, 9.17) is 5.73 Å². The summed E-state index contributed by atoms with van der Waals surface area (Å²) in [7, 11) is 0. The molecule has 18 heavy (non-hydrogen) atoms. The SMILES string of the molecule is CC(N)CCN(C1CCCCC1)C1CCCCC1. The van der Waals surface area contributed by atoms with Gasteiger partial charge in [0.25, 0.3) is 0 Å². The van der Waals surface area contributed by atoms with Crippen LogP contribution in [0.5, 0.6) is 0 Å². The molecular formula is C16H32N2. The highest BCUT2D eigenvalue weighted by atomic mass is 15.2. The Morgan fingerprint density at radius 3 is 1.72 bits per heavy atom. The van der Waals surface area contributed by atoms with Gasteiger partial charge in [0.15, 0.2) is 0 Å². The molecule has 2 aliphatic carbocycles. The molecule has 1 atom stereocenters. The average molecular weight is 252 g/mol. The molecule has 1 unspecified atom stereocenters. The van der Waals surface area contributed by atoms with Crippen LogP contribution in [0.1, 0.15) is 77.6 Å². The molecule has 0 amide bonds. The Balaban J connectivity index is 1.91. The van der Waals surface area contributed by atoms with E-state index < -0.39 is 0 Å². The van der Waals surface area contributed by atoms with Crippen LogP contribution < -0.4 is 5.73 Å². The Morgan fingerprint density at radius 1 is 0.889 bits per heavy atom. The van der Waals surface area contributed by atoms with Gasteiger partial charge in [-0.1, -0.05) is 38.5 Å². The van der Waals surface area contributed by atoms with Crippen LogP contribution in [-0.4, -0.2) is 29.6 Å². The van der Waals surface area contributed by atoms with Crippen molar-refractivity contribution in [1.82, 2.24) is 4.90 Å². The third-order valence-electron chi connectivity index (χ3n) is 4.93. The maximum atomic E-state index is 5.97. The smallest absolute Gasteiger partial charge is 0.00982 e. The van der Waals surface area contributed by atoms with Gasteiger partial charge in [0.1, 0.15) is 0 Å². The molecule has 0 bridgehead atoms. The van der Waals surface area contributed by atoms with Crippen LogP contribution in [0.3, 0.4) is 0 Å². The van der Waals surface area contributed by atoms with Crippen LogP contribution in [0.25, 0.3) is 0 Å². The van der Waals surface area contributed by atoms with Gasteiger partial charge in [0, 0.05) is 24.7 Å². The van der Waals surface area contributed by atoms with E-state index in [1.165, 1.54) is 77.2 Å². The van der Waals surface area contributed by atoms with Crippen molar-refractivity contribution in [2.45, 2.75) is 95.7 Å². The Kier molecular flexibility index (Phi) is 5.97. The molecule has 0 saturated heterocycles. The Morgan fingerprint density at radius 2 is 1.33 bits per heavy atom. The van der Waals surface area contributed by atoms with Crippen LogP contribution in [0, 0.1) is 0 Å². The second-order valence-electron chi connectivity index (χ2n) is 6.59. The fourth-order valence-electron chi connectivity index (χ4n) is 3.84. The minimum absolute atomic E-state index is 0.361. The molecule has 0 spiro atoms. The molecule has 0 aromatic rings. The van der Waals surface area contributed by atoms with Crippen LogP contribution in [0.2, 0.25) is 0 Å². The first-order valence-corrected chi connectivity index (χ1v) is 8.28. The second-order valence-corrected chi connectivity index (χ2v) is 6.59. The third-order valence-corrected chi connectivity index (χ3v) is 4.93. The van der Waals surface area contributed by atoms with Crippen molar-refractivity contribution in [3.63, 3.8) is 0 Å². The molecule has 2 heteroatoms. The van der Waals surface area contributed by atoms with Crippen molar-refractivity contribution in [3.05, 3.63) is 0 Å². The first-order chi connectivity index (χ1) is 8.77.